The molecule has 0 aromatic heterocycles. The summed E-state index contributed by atoms with van der Waals surface area (Å²) in [6, 6.07) is 5.27. The molecule has 3 amide bonds. The molecule has 2 saturated carbocycles. The quantitative estimate of drug-likeness (QED) is 0.799. The first-order valence-electron chi connectivity index (χ1n) is 9.76. The van der Waals surface area contributed by atoms with E-state index in [1.807, 2.05) is 13.0 Å². The SMILES string of the molecule is Cc1ccc2c(c1)C(=O)N(CCC(=O)NCCC1CC3CCC1C3)C2=O. The first kappa shape index (κ1) is 17.3. The second-order valence-electron chi connectivity index (χ2n) is 8.13. The van der Waals surface area contributed by atoms with Crippen LogP contribution in [0.1, 0.15) is 64.8 Å². The standard InChI is InChI=1S/C21H26N2O3/c1-13-2-5-17-18(10-13)21(26)23(20(17)25)9-7-19(24)22-8-6-16-12-14-3-4-15(16)11-14/h2,5,10,14-16H,3-4,6-9,11-12H2,1H3,(H,22,24). The lowest BCUT2D eigenvalue weighted by Gasteiger charge is -2.21. The Morgan fingerprint density at radius 2 is 1.96 bits per heavy atom. The predicted octanol–water partition coefficient (Wildman–Crippen LogP) is 2.92. The first-order valence-corrected chi connectivity index (χ1v) is 9.76. The van der Waals surface area contributed by atoms with E-state index < -0.39 is 0 Å². The van der Waals surface area contributed by atoms with Crippen LogP contribution in [-0.2, 0) is 4.79 Å². The molecule has 26 heavy (non-hydrogen) atoms. The predicted molar refractivity (Wildman–Crippen MR) is 97.7 cm³/mol. The second kappa shape index (κ2) is 6.86. The lowest BCUT2D eigenvalue weighted by atomic mass is 9.86. The number of nitrogens with zero attached hydrogens (tertiary/aromatic N) is 1. The highest BCUT2D eigenvalue weighted by Gasteiger charge is 2.39. The van der Waals surface area contributed by atoms with E-state index in [1.54, 1.807) is 12.1 Å². The van der Waals surface area contributed by atoms with E-state index in [0.29, 0.717) is 17.7 Å². The van der Waals surface area contributed by atoms with Crippen LogP contribution in [0.15, 0.2) is 18.2 Å². The fourth-order valence-electron chi connectivity index (χ4n) is 5.04. The molecule has 0 radical (unpaired) electrons. The van der Waals surface area contributed by atoms with E-state index in [-0.39, 0.29) is 30.7 Å². The van der Waals surface area contributed by atoms with Gasteiger partial charge in [0.05, 0.1) is 11.1 Å². The van der Waals surface area contributed by atoms with Crippen molar-refractivity contribution in [1.29, 1.82) is 0 Å². The summed E-state index contributed by atoms with van der Waals surface area (Å²) in [5, 5.41) is 2.96. The van der Waals surface area contributed by atoms with Crippen molar-refractivity contribution in [3.63, 3.8) is 0 Å². The van der Waals surface area contributed by atoms with Gasteiger partial charge in [0.25, 0.3) is 11.8 Å². The average Bonchev–Trinajstić information content (AvgIpc) is 3.29. The topological polar surface area (TPSA) is 66.5 Å². The third-order valence-electron chi connectivity index (χ3n) is 6.41. The molecule has 1 aromatic carbocycles. The highest BCUT2D eigenvalue weighted by molar-refractivity contribution is 6.21. The second-order valence-corrected chi connectivity index (χ2v) is 8.13. The van der Waals surface area contributed by atoms with Crippen LogP contribution >= 0.6 is 0 Å². The fraction of sp³-hybridized carbons (Fsp3) is 0.571. The minimum Gasteiger partial charge on any atom is -0.356 e. The number of nitrogens with one attached hydrogen (secondary N) is 1. The van der Waals surface area contributed by atoms with Crippen LogP contribution in [0.25, 0.3) is 0 Å². The van der Waals surface area contributed by atoms with Crippen LogP contribution in [0, 0.1) is 24.7 Å². The summed E-state index contributed by atoms with van der Waals surface area (Å²) in [5.74, 6) is 1.91. The Morgan fingerprint density at radius 3 is 2.69 bits per heavy atom. The van der Waals surface area contributed by atoms with Crippen molar-refractivity contribution in [3.8, 4) is 0 Å². The number of benzene rings is 1. The molecule has 1 N–H and O–H groups in total. The molecule has 138 valence electrons. The maximum absolute atomic E-state index is 12.4. The van der Waals surface area contributed by atoms with E-state index in [4.69, 9.17) is 0 Å². The molecule has 1 aromatic rings. The van der Waals surface area contributed by atoms with E-state index in [9.17, 15) is 14.4 Å². The molecular weight excluding hydrogens is 328 g/mol. The molecule has 0 spiro atoms. The van der Waals surface area contributed by atoms with Crippen molar-refractivity contribution in [3.05, 3.63) is 34.9 Å². The summed E-state index contributed by atoms with van der Waals surface area (Å²) in [4.78, 5) is 38.1. The minimum absolute atomic E-state index is 0.0825. The number of carbonyl (C=O) groups is 3. The van der Waals surface area contributed by atoms with Crippen molar-refractivity contribution in [2.75, 3.05) is 13.1 Å². The zero-order chi connectivity index (χ0) is 18.3. The number of hydrogen-bond acceptors (Lipinski definition) is 3. The summed E-state index contributed by atoms with van der Waals surface area (Å²) in [7, 11) is 0. The van der Waals surface area contributed by atoms with Gasteiger partial charge in [0.1, 0.15) is 0 Å². The molecule has 3 unspecified atom stereocenters. The van der Waals surface area contributed by atoms with Crippen LogP contribution in [0.4, 0.5) is 0 Å². The van der Waals surface area contributed by atoms with Gasteiger partial charge in [-0.05, 0) is 62.5 Å². The molecule has 3 aliphatic rings. The van der Waals surface area contributed by atoms with Gasteiger partial charge in [0, 0.05) is 19.5 Å². The van der Waals surface area contributed by atoms with Crippen LogP contribution in [-0.4, -0.2) is 35.7 Å². The first-order chi connectivity index (χ1) is 12.5. The lowest BCUT2D eigenvalue weighted by Crippen LogP contribution is -2.35. The highest BCUT2D eigenvalue weighted by atomic mass is 16.2. The number of rotatable bonds is 6. The number of fused-ring (bicyclic) bond motifs is 3. The van der Waals surface area contributed by atoms with Crippen LogP contribution in [0.5, 0.6) is 0 Å². The number of hydrogen-bond donors (Lipinski definition) is 1. The maximum atomic E-state index is 12.4. The smallest absolute Gasteiger partial charge is 0.261 e. The monoisotopic (exact) mass is 354 g/mol. The zero-order valence-corrected chi connectivity index (χ0v) is 15.3. The molecule has 5 nitrogen and oxygen atoms in total. The van der Waals surface area contributed by atoms with Crippen LogP contribution in [0.3, 0.4) is 0 Å². The van der Waals surface area contributed by atoms with Gasteiger partial charge >= 0.3 is 0 Å². The van der Waals surface area contributed by atoms with Gasteiger partial charge in [-0.1, -0.05) is 18.1 Å². The molecule has 1 aliphatic heterocycles. The Morgan fingerprint density at radius 1 is 1.15 bits per heavy atom. The molecule has 0 saturated heterocycles. The maximum Gasteiger partial charge on any atom is 0.261 e. The number of aryl methyl sites for hydroxylation is 1. The van der Waals surface area contributed by atoms with Gasteiger partial charge in [0.2, 0.25) is 5.91 Å². The van der Waals surface area contributed by atoms with Gasteiger partial charge < -0.3 is 5.32 Å². The molecule has 2 fully saturated rings. The minimum atomic E-state index is -0.292. The third-order valence-corrected chi connectivity index (χ3v) is 6.41. The van der Waals surface area contributed by atoms with Gasteiger partial charge in [-0.3, -0.25) is 19.3 Å². The Bertz CT molecular complexity index is 758. The van der Waals surface area contributed by atoms with Crippen LogP contribution < -0.4 is 5.32 Å². The van der Waals surface area contributed by atoms with Crippen LogP contribution in [0.2, 0.25) is 0 Å². The van der Waals surface area contributed by atoms with Crippen molar-refractivity contribution >= 4 is 17.7 Å². The largest absolute Gasteiger partial charge is 0.356 e. The molecule has 2 aliphatic carbocycles. The van der Waals surface area contributed by atoms with E-state index in [0.717, 1.165) is 29.7 Å². The normalized spacial score (nSPS) is 26.5. The Balaban J connectivity index is 1.23. The average molecular weight is 354 g/mol. The van der Waals surface area contributed by atoms with E-state index in [1.165, 1.54) is 30.6 Å². The molecule has 4 rings (SSSR count). The molecule has 5 heteroatoms. The Labute approximate surface area is 154 Å². The summed E-state index contributed by atoms with van der Waals surface area (Å²) in [6.45, 7) is 2.74. The van der Waals surface area contributed by atoms with E-state index in [2.05, 4.69) is 5.32 Å². The van der Waals surface area contributed by atoms with Crippen molar-refractivity contribution in [1.82, 2.24) is 10.2 Å². The number of amides is 3. The van der Waals surface area contributed by atoms with Gasteiger partial charge in [-0.25, -0.2) is 0 Å². The van der Waals surface area contributed by atoms with Gasteiger partial charge in [-0.15, -0.1) is 0 Å². The molecule has 1 heterocycles. The summed E-state index contributed by atoms with van der Waals surface area (Å²) < 4.78 is 0. The molecule has 2 bridgehead atoms. The Kier molecular flexibility index (Phi) is 4.55. The van der Waals surface area contributed by atoms with Gasteiger partial charge in [0.15, 0.2) is 0 Å². The summed E-state index contributed by atoms with van der Waals surface area (Å²) >= 11 is 0. The number of carbonyl (C=O) groups excluding carboxylic acids is 3. The Hall–Kier alpha value is -2.17. The number of imide groups is 1. The lowest BCUT2D eigenvalue weighted by molar-refractivity contribution is -0.121. The summed E-state index contributed by atoms with van der Waals surface area (Å²) in [5.41, 5.74) is 1.84. The van der Waals surface area contributed by atoms with Crippen molar-refractivity contribution in [2.45, 2.75) is 45.4 Å². The van der Waals surface area contributed by atoms with E-state index >= 15 is 0 Å². The van der Waals surface area contributed by atoms with Gasteiger partial charge in [-0.2, -0.15) is 0 Å². The molecular formula is C21H26N2O3. The zero-order valence-electron chi connectivity index (χ0n) is 15.3. The highest BCUT2D eigenvalue weighted by Crippen LogP contribution is 2.49. The molecule has 3 atom stereocenters. The van der Waals surface area contributed by atoms with Crippen molar-refractivity contribution < 1.29 is 14.4 Å². The van der Waals surface area contributed by atoms with Crippen molar-refractivity contribution in [2.24, 2.45) is 17.8 Å². The summed E-state index contributed by atoms with van der Waals surface area (Å²) in [6.07, 6.45) is 6.70. The third kappa shape index (κ3) is 3.15. The fourth-order valence-corrected chi connectivity index (χ4v) is 5.04.